The van der Waals surface area contributed by atoms with Crippen LogP contribution in [0.5, 0.6) is 0 Å². The number of rotatable bonds is 5. The maximum absolute atomic E-state index is 11.5. The maximum atomic E-state index is 11.5. The predicted molar refractivity (Wildman–Crippen MR) is 76.5 cm³/mol. The molecule has 0 aliphatic carbocycles. The van der Waals surface area contributed by atoms with Gasteiger partial charge in [-0.05, 0) is 31.9 Å². The Morgan fingerprint density at radius 1 is 1.57 bits per heavy atom. The van der Waals surface area contributed by atoms with Crippen molar-refractivity contribution in [1.82, 2.24) is 0 Å². The number of ether oxygens (including phenoxy) is 2. The van der Waals surface area contributed by atoms with Crippen LogP contribution in [0, 0.1) is 10.1 Å². The van der Waals surface area contributed by atoms with Crippen LogP contribution in [0.2, 0.25) is 0 Å². The summed E-state index contributed by atoms with van der Waals surface area (Å²) in [6.07, 6.45) is 1.92. The summed E-state index contributed by atoms with van der Waals surface area (Å²) >= 11 is 0. The number of nitro benzene ring substituents is 1. The first kappa shape index (κ1) is 15.2. The first-order valence-corrected chi connectivity index (χ1v) is 6.78. The van der Waals surface area contributed by atoms with Crippen LogP contribution in [0.3, 0.4) is 0 Å². The van der Waals surface area contributed by atoms with Crippen LogP contribution in [-0.4, -0.2) is 36.8 Å². The van der Waals surface area contributed by atoms with Crippen molar-refractivity contribution in [3.63, 3.8) is 0 Å². The number of benzene rings is 1. The second-order valence-corrected chi connectivity index (χ2v) is 4.97. The summed E-state index contributed by atoms with van der Waals surface area (Å²) in [5, 5.41) is 14.2. The van der Waals surface area contributed by atoms with E-state index in [4.69, 9.17) is 4.74 Å². The lowest BCUT2D eigenvalue weighted by Crippen LogP contribution is -2.30. The number of esters is 1. The fourth-order valence-electron chi connectivity index (χ4n) is 2.39. The molecule has 2 atom stereocenters. The Balaban J connectivity index is 2.25. The largest absolute Gasteiger partial charge is 0.465 e. The van der Waals surface area contributed by atoms with Gasteiger partial charge < -0.3 is 14.8 Å². The Morgan fingerprint density at radius 3 is 2.90 bits per heavy atom. The van der Waals surface area contributed by atoms with Crippen molar-refractivity contribution >= 4 is 17.3 Å². The third-order valence-corrected chi connectivity index (χ3v) is 3.52. The number of carbonyl (C=O) groups excluding carboxylic acids is 1. The van der Waals surface area contributed by atoms with Crippen molar-refractivity contribution in [2.45, 2.75) is 31.9 Å². The minimum atomic E-state index is -0.530. The van der Waals surface area contributed by atoms with Gasteiger partial charge in [-0.1, -0.05) is 0 Å². The van der Waals surface area contributed by atoms with E-state index in [9.17, 15) is 14.9 Å². The summed E-state index contributed by atoms with van der Waals surface area (Å²) in [5.74, 6) is -0.530. The van der Waals surface area contributed by atoms with E-state index < -0.39 is 10.9 Å². The zero-order chi connectivity index (χ0) is 15.4. The molecule has 0 saturated carbocycles. The van der Waals surface area contributed by atoms with E-state index in [1.54, 1.807) is 0 Å². The molecule has 0 spiro atoms. The molecule has 21 heavy (non-hydrogen) atoms. The topological polar surface area (TPSA) is 90.7 Å². The molecule has 1 aliphatic heterocycles. The second kappa shape index (κ2) is 6.53. The molecule has 1 aromatic carbocycles. The maximum Gasteiger partial charge on any atom is 0.337 e. The lowest BCUT2D eigenvalue weighted by molar-refractivity contribution is -0.384. The minimum absolute atomic E-state index is 0.0198. The van der Waals surface area contributed by atoms with E-state index in [1.807, 2.05) is 6.92 Å². The summed E-state index contributed by atoms with van der Waals surface area (Å²) in [7, 11) is 1.27. The van der Waals surface area contributed by atoms with Gasteiger partial charge in [0.05, 0.1) is 23.7 Å². The normalized spacial score (nSPS) is 19.0. The average Bonchev–Trinajstić information content (AvgIpc) is 3.00. The summed E-state index contributed by atoms with van der Waals surface area (Å²) in [4.78, 5) is 22.2. The van der Waals surface area contributed by atoms with Gasteiger partial charge >= 0.3 is 5.97 Å². The fraction of sp³-hybridized carbons (Fsp3) is 0.500. The van der Waals surface area contributed by atoms with Gasteiger partial charge in [-0.2, -0.15) is 0 Å². The van der Waals surface area contributed by atoms with E-state index >= 15 is 0 Å². The Bertz CT molecular complexity index is 540. The quantitative estimate of drug-likeness (QED) is 0.509. The smallest absolute Gasteiger partial charge is 0.337 e. The molecule has 114 valence electrons. The lowest BCUT2D eigenvalue weighted by atomic mass is 10.1. The number of methoxy groups -OCH3 is 1. The number of hydrogen-bond acceptors (Lipinski definition) is 6. The van der Waals surface area contributed by atoms with Crippen LogP contribution in [-0.2, 0) is 9.47 Å². The average molecular weight is 294 g/mol. The van der Waals surface area contributed by atoms with Crippen molar-refractivity contribution in [1.29, 1.82) is 0 Å². The molecule has 0 bridgehead atoms. The van der Waals surface area contributed by atoms with E-state index in [0.717, 1.165) is 12.8 Å². The standard InChI is InChI=1S/C14H18N2O5/c1-9(13-4-3-7-21-13)15-11-8-10(14(17)20-2)5-6-12(11)16(18)19/h5-6,8-9,13,15H,3-4,7H2,1-2H3. The van der Waals surface area contributed by atoms with Crippen LogP contribution in [0.15, 0.2) is 18.2 Å². The highest BCUT2D eigenvalue weighted by molar-refractivity contribution is 5.91. The van der Waals surface area contributed by atoms with Crippen molar-refractivity contribution in [3.8, 4) is 0 Å². The number of nitrogens with zero attached hydrogens (tertiary/aromatic N) is 1. The third kappa shape index (κ3) is 3.49. The van der Waals surface area contributed by atoms with Crippen LogP contribution < -0.4 is 5.32 Å². The molecule has 1 fully saturated rings. The van der Waals surface area contributed by atoms with Crippen LogP contribution in [0.1, 0.15) is 30.1 Å². The Kier molecular flexibility index (Phi) is 4.74. The molecule has 1 aromatic rings. The first-order chi connectivity index (χ1) is 10.0. The number of nitro groups is 1. The predicted octanol–water partition coefficient (Wildman–Crippen LogP) is 2.36. The molecule has 1 saturated heterocycles. The van der Waals surface area contributed by atoms with Gasteiger partial charge in [0.25, 0.3) is 5.69 Å². The van der Waals surface area contributed by atoms with Crippen molar-refractivity contribution in [2.75, 3.05) is 19.0 Å². The molecule has 1 aliphatic rings. The van der Waals surface area contributed by atoms with E-state index in [2.05, 4.69) is 10.1 Å². The Morgan fingerprint density at radius 2 is 2.33 bits per heavy atom. The van der Waals surface area contributed by atoms with Gasteiger partial charge in [-0.15, -0.1) is 0 Å². The zero-order valence-electron chi connectivity index (χ0n) is 12.0. The lowest BCUT2D eigenvalue weighted by Gasteiger charge is -2.21. The van der Waals surface area contributed by atoms with Gasteiger partial charge in [0, 0.05) is 18.7 Å². The van der Waals surface area contributed by atoms with Gasteiger partial charge in [-0.3, -0.25) is 10.1 Å². The monoisotopic (exact) mass is 294 g/mol. The highest BCUT2D eigenvalue weighted by Crippen LogP contribution is 2.28. The van der Waals surface area contributed by atoms with E-state index in [1.165, 1.54) is 25.3 Å². The number of carbonyl (C=O) groups is 1. The van der Waals surface area contributed by atoms with Crippen LogP contribution in [0.4, 0.5) is 11.4 Å². The summed E-state index contributed by atoms with van der Waals surface area (Å²) < 4.78 is 10.2. The van der Waals surface area contributed by atoms with E-state index in [-0.39, 0.29) is 23.4 Å². The number of nitrogens with one attached hydrogen (secondary N) is 1. The zero-order valence-corrected chi connectivity index (χ0v) is 12.0. The SMILES string of the molecule is COC(=O)c1ccc([N+](=O)[O-])c(NC(C)C2CCCO2)c1. The van der Waals surface area contributed by atoms with Gasteiger partial charge in [0.15, 0.2) is 0 Å². The first-order valence-electron chi connectivity index (χ1n) is 6.78. The molecule has 0 radical (unpaired) electrons. The van der Waals surface area contributed by atoms with Crippen molar-refractivity contribution in [2.24, 2.45) is 0 Å². The van der Waals surface area contributed by atoms with Gasteiger partial charge in [0.1, 0.15) is 5.69 Å². The summed E-state index contributed by atoms with van der Waals surface area (Å²) in [5.41, 5.74) is 0.489. The minimum Gasteiger partial charge on any atom is -0.465 e. The molecule has 2 unspecified atom stereocenters. The Labute approximate surface area is 122 Å². The Hall–Kier alpha value is -2.15. The van der Waals surface area contributed by atoms with Gasteiger partial charge in [0.2, 0.25) is 0 Å². The second-order valence-electron chi connectivity index (χ2n) is 4.97. The van der Waals surface area contributed by atoms with E-state index in [0.29, 0.717) is 12.3 Å². The van der Waals surface area contributed by atoms with Crippen molar-refractivity contribution in [3.05, 3.63) is 33.9 Å². The van der Waals surface area contributed by atoms with Crippen LogP contribution in [0.25, 0.3) is 0 Å². The third-order valence-electron chi connectivity index (χ3n) is 3.52. The summed E-state index contributed by atoms with van der Waals surface area (Å²) in [6.45, 7) is 2.62. The molecule has 7 nitrogen and oxygen atoms in total. The molecule has 1 N–H and O–H groups in total. The highest BCUT2D eigenvalue weighted by Gasteiger charge is 2.25. The highest BCUT2D eigenvalue weighted by atomic mass is 16.6. The molecule has 1 heterocycles. The fourth-order valence-corrected chi connectivity index (χ4v) is 2.39. The summed E-state index contributed by atoms with van der Waals surface area (Å²) in [6, 6.07) is 4.04. The molecular formula is C14H18N2O5. The molecule has 2 rings (SSSR count). The molecule has 7 heteroatoms. The molecular weight excluding hydrogens is 276 g/mol. The number of hydrogen-bond donors (Lipinski definition) is 1. The number of anilines is 1. The van der Waals surface area contributed by atoms with Crippen LogP contribution >= 0.6 is 0 Å². The molecule has 0 amide bonds. The van der Waals surface area contributed by atoms with Gasteiger partial charge in [-0.25, -0.2) is 4.79 Å². The molecule has 0 aromatic heterocycles. The van der Waals surface area contributed by atoms with Crippen molar-refractivity contribution < 1.29 is 19.2 Å².